The van der Waals surface area contributed by atoms with Crippen LogP contribution in [0.4, 0.5) is 0 Å². The highest BCUT2D eigenvalue weighted by atomic mass is 16.5. The first-order chi connectivity index (χ1) is 9.69. The van der Waals surface area contributed by atoms with E-state index in [0.29, 0.717) is 35.1 Å². The number of imidazole rings is 1. The number of nitrogens with one attached hydrogen (secondary N) is 1. The Labute approximate surface area is 117 Å². The van der Waals surface area contributed by atoms with Crippen LogP contribution < -0.4 is 14.2 Å². The molecule has 0 fully saturated rings. The molecule has 6 heteroatoms. The molecule has 0 aliphatic rings. The molecule has 0 saturated heterocycles. The number of aliphatic hydroxyl groups excluding tert-OH is 1. The minimum atomic E-state index is -0.713. The van der Waals surface area contributed by atoms with E-state index < -0.39 is 6.10 Å². The van der Waals surface area contributed by atoms with E-state index in [4.69, 9.17) is 14.2 Å². The second-order valence-corrected chi connectivity index (χ2v) is 4.21. The average Bonchev–Trinajstić information content (AvgIpc) is 2.98. The molecule has 20 heavy (non-hydrogen) atoms. The smallest absolute Gasteiger partial charge is 0.203 e. The van der Waals surface area contributed by atoms with Crippen molar-refractivity contribution in [2.75, 3.05) is 21.3 Å². The van der Waals surface area contributed by atoms with Gasteiger partial charge in [0.25, 0.3) is 0 Å². The highest BCUT2D eigenvalue weighted by Crippen LogP contribution is 2.39. The monoisotopic (exact) mass is 278 g/mol. The lowest BCUT2D eigenvalue weighted by atomic mass is 10.0. The molecule has 2 aromatic rings. The van der Waals surface area contributed by atoms with Gasteiger partial charge in [0, 0.05) is 18.8 Å². The number of benzene rings is 1. The van der Waals surface area contributed by atoms with Gasteiger partial charge in [0.15, 0.2) is 11.5 Å². The van der Waals surface area contributed by atoms with Crippen molar-refractivity contribution < 1.29 is 19.3 Å². The van der Waals surface area contributed by atoms with Crippen LogP contribution in [0.5, 0.6) is 17.2 Å². The van der Waals surface area contributed by atoms with E-state index in [2.05, 4.69) is 9.97 Å². The maximum Gasteiger partial charge on any atom is 0.203 e. The van der Waals surface area contributed by atoms with E-state index in [1.54, 1.807) is 45.9 Å². The zero-order chi connectivity index (χ0) is 14.5. The maximum atomic E-state index is 10.3. The van der Waals surface area contributed by atoms with E-state index in [-0.39, 0.29) is 0 Å². The summed E-state index contributed by atoms with van der Waals surface area (Å²) in [4.78, 5) is 7.06. The van der Waals surface area contributed by atoms with Gasteiger partial charge in [-0.25, -0.2) is 4.98 Å². The molecule has 0 amide bonds. The number of methoxy groups -OCH3 is 3. The molecular weight excluding hydrogens is 260 g/mol. The van der Waals surface area contributed by atoms with Crippen LogP contribution in [-0.4, -0.2) is 36.4 Å². The van der Waals surface area contributed by atoms with Gasteiger partial charge in [0.1, 0.15) is 5.82 Å². The molecule has 1 aromatic carbocycles. The van der Waals surface area contributed by atoms with Gasteiger partial charge in [-0.15, -0.1) is 0 Å². The van der Waals surface area contributed by atoms with Crippen molar-refractivity contribution in [2.45, 2.75) is 12.5 Å². The number of hydrogen-bond acceptors (Lipinski definition) is 5. The Hall–Kier alpha value is -2.21. The van der Waals surface area contributed by atoms with Crippen molar-refractivity contribution >= 4 is 0 Å². The molecule has 1 aromatic heterocycles. The summed E-state index contributed by atoms with van der Waals surface area (Å²) in [7, 11) is 4.62. The lowest BCUT2D eigenvalue weighted by Gasteiger charge is -2.16. The molecule has 6 nitrogen and oxygen atoms in total. The van der Waals surface area contributed by atoms with E-state index in [0.717, 1.165) is 0 Å². The van der Waals surface area contributed by atoms with Gasteiger partial charge in [-0.3, -0.25) is 0 Å². The molecule has 2 N–H and O–H groups in total. The summed E-state index contributed by atoms with van der Waals surface area (Å²) < 4.78 is 15.8. The summed E-state index contributed by atoms with van der Waals surface area (Å²) in [6.45, 7) is 0. The van der Waals surface area contributed by atoms with Crippen LogP contribution in [0.2, 0.25) is 0 Å². The van der Waals surface area contributed by atoms with E-state index in [1.807, 2.05) is 0 Å². The van der Waals surface area contributed by atoms with Gasteiger partial charge >= 0.3 is 0 Å². The van der Waals surface area contributed by atoms with E-state index in [1.165, 1.54) is 0 Å². The van der Waals surface area contributed by atoms with Crippen LogP contribution in [0.15, 0.2) is 24.5 Å². The normalized spacial score (nSPS) is 12.0. The standard InChI is InChI=1S/C14H18N2O4/c1-18-11-6-9(7-12(19-2)14(11)20-3)10(17)8-13-15-4-5-16-13/h4-7,10,17H,8H2,1-3H3,(H,15,16). The van der Waals surface area contributed by atoms with Crippen LogP contribution in [0.1, 0.15) is 17.5 Å². The number of ether oxygens (including phenoxy) is 3. The highest BCUT2D eigenvalue weighted by Gasteiger charge is 2.18. The number of aliphatic hydroxyl groups is 1. The number of H-pyrrole nitrogens is 1. The first-order valence-electron chi connectivity index (χ1n) is 6.15. The third-order valence-electron chi connectivity index (χ3n) is 3.01. The van der Waals surface area contributed by atoms with Crippen LogP contribution >= 0.6 is 0 Å². The molecule has 0 aliphatic heterocycles. The summed E-state index contributed by atoms with van der Waals surface area (Å²) >= 11 is 0. The van der Waals surface area contributed by atoms with Crippen molar-refractivity contribution in [3.8, 4) is 17.2 Å². The number of aromatic nitrogens is 2. The van der Waals surface area contributed by atoms with Crippen molar-refractivity contribution in [2.24, 2.45) is 0 Å². The minimum Gasteiger partial charge on any atom is -0.493 e. The van der Waals surface area contributed by atoms with E-state index >= 15 is 0 Å². The second-order valence-electron chi connectivity index (χ2n) is 4.21. The van der Waals surface area contributed by atoms with Crippen LogP contribution in [0.3, 0.4) is 0 Å². The first-order valence-corrected chi connectivity index (χ1v) is 6.15. The zero-order valence-electron chi connectivity index (χ0n) is 11.7. The number of hydrogen-bond donors (Lipinski definition) is 2. The molecular formula is C14H18N2O4. The Balaban J connectivity index is 2.31. The first kappa shape index (κ1) is 14.2. The quantitative estimate of drug-likeness (QED) is 0.841. The summed E-state index contributed by atoms with van der Waals surface area (Å²) in [6.07, 6.45) is 3.04. The summed E-state index contributed by atoms with van der Waals surface area (Å²) in [6, 6.07) is 3.46. The van der Waals surface area contributed by atoms with Gasteiger partial charge in [-0.1, -0.05) is 0 Å². The topological polar surface area (TPSA) is 76.6 Å². The third kappa shape index (κ3) is 2.85. The minimum absolute atomic E-state index is 0.381. The Morgan fingerprint density at radius 2 is 1.80 bits per heavy atom. The predicted molar refractivity (Wildman–Crippen MR) is 73.3 cm³/mol. The zero-order valence-corrected chi connectivity index (χ0v) is 11.7. The summed E-state index contributed by atoms with van der Waals surface area (Å²) in [5.41, 5.74) is 0.677. The molecule has 2 rings (SSSR count). The largest absolute Gasteiger partial charge is 0.493 e. The molecule has 0 radical (unpaired) electrons. The lowest BCUT2D eigenvalue weighted by Crippen LogP contribution is -2.05. The van der Waals surface area contributed by atoms with Gasteiger partial charge < -0.3 is 24.3 Å². The molecule has 0 saturated carbocycles. The number of rotatable bonds is 6. The van der Waals surface area contributed by atoms with Crippen molar-refractivity contribution in [1.29, 1.82) is 0 Å². The fourth-order valence-corrected chi connectivity index (χ4v) is 2.00. The highest BCUT2D eigenvalue weighted by molar-refractivity contribution is 5.54. The van der Waals surface area contributed by atoms with Gasteiger partial charge in [0.05, 0.1) is 27.4 Å². The number of nitrogens with zero attached hydrogens (tertiary/aromatic N) is 1. The average molecular weight is 278 g/mol. The Morgan fingerprint density at radius 1 is 1.15 bits per heavy atom. The van der Waals surface area contributed by atoms with Crippen LogP contribution in [-0.2, 0) is 6.42 Å². The van der Waals surface area contributed by atoms with Crippen molar-refractivity contribution in [1.82, 2.24) is 9.97 Å². The van der Waals surface area contributed by atoms with Gasteiger partial charge in [0.2, 0.25) is 5.75 Å². The molecule has 108 valence electrons. The fourth-order valence-electron chi connectivity index (χ4n) is 2.00. The second kappa shape index (κ2) is 6.29. The summed E-state index contributed by atoms with van der Waals surface area (Å²) in [5, 5.41) is 10.3. The maximum absolute atomic E-state index is 10.3. The molecule has 1 heterocycles. The molecule has 1 unspecified atom stereocenters. The van der Waals surface area contributed by atoms with Gasteiger partial charge in [-0.2, -0.15) is 0 Å². The molecule has 0 aliphatic carbocycles. The van der Waals surface area contributed by atoms with E-state index in [9.17, 15) is 5.11 Å². The molecule has 1 atom stereocenters. The lowest BCUT2D eigenvalue weighted by molar-refractivity contribution is 0.175. The predicted octanol–water partition coefficient (Wildman–Crippen LogP) is 1.71. The SMILES string of the molecule is COc1cc(C(O)Cc2ncc[nH]2)cc(OC)c1OC. The van der Waals surface area contributed by atoms with Crippen LogP contribution in [0, 0.1) is 0 Å². The Bertz CT molecular complexity index is 529. The third-order valence-corrected chi connectivity index (χ3v) is 3.01. The Morgan fingerprint density at radius 3 is 2.25 bits per heavy atom. The number of aromatic amines is 1. The van der Waals surface area contributed by atoms with Crippen molar-refractivity contribution in [3.63, 3.8) is 0 Å². The fraction of sp³-hybridized carbons (Fsp3) is 0.357. The molecule has 0 bridgehead atoms. The Kier molecular flexibility index (Phi) is 4.47. The van der Waals surface area contributed by atoms with Gasteiger partial charge in [-0.05, 0) is 17.7 Å². The van der Waals surface area contributed by atoms with Crippen molar-refractivity contribution in [3.05, 3.63) is 35.9 Å². The molecule has 0 spiro atoms. The van der Waals surface area contributed by atoms with Crippen LogP contribution in [0.25, 0.3) is 0 Å². The summed E-state index contributed by atoms with van der Waals surface area (Å²) in [5.74, 6) is 2.25.